The second kappa shape index (κ2) is 6.08. The van der Waals surface area contributed by atoms with Gasteiger partial charge in [-0.15, -0.1) is 0 Å². The van der Waals surface area contributed by atoms with Crippen LogP contribution in [-0.2, 0) is 4.79 Å². The number of rotatable bonds is 4. The Kier molecular flexibility index (Phi) is 5.05. The van der Waals surface area contributed by atoms with E-state index in [9.17, 15) is 4.79 Å². The molecule has 4 nitrogen and oxygen atoms in total. The molecule has 0 atom stereocenters. The molecule has 0 bridgehead atoms. The van der Waals surface area contributed by atoms with Gasteiger partial charge in [-0.25, -0.2) is 0 Å². The van der Waals surface area contributed by atoms with E-state index in [0.717, 1.165) is 32.6 Å². The Labute approximate surface area is 92.4 Å². The Balaban J connectivity index is 2.27. The van der Waals surface area contributed by atoms with Crippen LogP contribution in [0.4, 0.5) is 0 Å². The molecule has 88 valence electrons. The fourth-order valence-electron chi connectivity index (χ4n) is 1.90. The first-order valence-electron chi connectivity index (χ1n) is 5.87. The van der Waals surface area contributed by atoms with Crippen molar-refractivity contribution in [2.75, 3.05) is 32.7 Å². The molecule has 1 aliphatic heterocycles. The Morgan fingerprint density at radius 3 is 2.33 bits per heavy atom. The number of nitrogens with zero attached hydrogens (tertiary/aromatic N) is 2. The molecule has 0 saturated carbocycles. The van der Waals surface area contributed by atoms with Gasteiger partial charge < -0.3 is 10.6 Å². The molecule has 1 fully saturated rings. The van der Waals surface area contributed by atoms with Crippen molar-refractivity contribution < 1.29 is 4.79 Å². The smallest absolute Gasteiger partial charge is 0.222 e. The zero-order chi connectivity index (χ0) is 11.3. The molecule has 0 aliphatic carbocycles. The van der Waals surface area contributed by atoms with Crippen molar-refractivity contribution in [3.63, 3.8) is 0 Å². The number of amides is 1. The third-order valence-electron chi connectivity index (χ3n) is 2.99. The van der Waals surface area contributed by atoms with Gasteiger partial charge in [0.1, 0.15) is 0 Å². The summed E-state index contributed by atoms with van der Waals surface area (Å²) in [5.74, 6) is 0.267. The van der Waals surface area contributed by atoms with Gasteiger partial charge in [0, 0.05) is 38.6 Å². The highest BCUT2D eigenvalue weighted by Gasteiger charge is 2.21. The Bertz CT molecular complexity index is 198. The van der Waals surface area contributed by atoms with Crippen LogP contribution >= 0.6 is 0 Å². The predicted molar refractivity (Wildman–Crippen MR) is 61.6 cm³/mol. The molecule has 0 aromatic carbocycles. The Morgan fingerprint density at radius 2 is 1.87 bits per heavy atom. The SMILES string of the molecule is CC(C)N1CCN(C(=O)CCCN)CC1. The molecule has 15 heavy (non-hydrogen) atoms. The first-order chi connectivity index (χ1) is 7.15. The van der Waals surface area contributed by atoms with E-state index in [1.807, 2.05) is 4.90 Å². The minimum Gasteiger partial charge on any atom is -0.340 e. The monoisotopic (exact) mass is 213 g/mol. The van der Waals surface area contributed by atoms with Gasteiger partial charge in [-0.1, -0.05) is 0 Å². The molecule has 2 N–H and O–H groups in total. The van der Waals surface area contributed by atoms with Crippen molar-refractivity contribution in [2.24, 2.45) is 5.73 Å². The normalized spacial score (nSPS) is 18.5. The van der Waals surface area contributed by atoms with E-state index < -0.39 is 0 Å². The number of hydrogen-bond acceptors (Lipinski definition) is 3. The maximum atomic E-state index is 11.7. The highest BCUT2D eigenvalue weighted by atomic mass is 16.2. The van der Waals surface area contributed by atoms with Crippen LogP contribution in [0.2, 0.25) is 0 Å². The molecule has 0 aromatic heterocycles. The van der Waals surface area contributed by atoms with E-state index in [-0.39, 0.29) is 5.91 Å². The number of carbonyl (C=O) groups is 1. The Hall–Kier alpha value is -0.610. The summed E-state index contributed by atoms with van der Waals surface area (Å²) < 4.78 is 0. The summed E-state index contributed by atoms with van der Waals surface area (Å²) in [6.07, 6.45) is 1.42. The van der Waals surface area contributed by atoms with Crippen molar-refractivity contribution in [1.82, 2.24) is 9.80 Å². The summed E-state index contributed by atoms with van der Waals surface area (Å²) in [6, 6.07) is 0.589. The van der Waals surface area contributed by atoms with Gasteiger partial charge in [0.05, 0.1) is 0 Å². The third-order valence-corrected chi connectivity index (χ3v) is 2.99. The summed E-state index contributed by atoms with van der Waals surface area (Å²) >= 11 is 0. The Morgan fingerprint density at radius 1 is 1.27 bits per heavy atom. The van der Waals surface area contributed by atoms with Crippen LogP contribution in [0.5, 0.6) is 0 Å². The average molecular weight is 213 g/mol. The van der Waals surface area contributed by atoms with Crippen molar-refractivity contribution in [3.05, 3.63) is 0 Å². The summed E-state index contributed by atoms with van der Waals surface area (Å²) in [5, 5.41) is 0. The summed E-state index contributed by atoms with van der Waals surface area (Å²) in [4.78, 5) is 16.1. The molecule has 1 heterocycles. The first-order valence-corrected chi connectivity index (χ1v) is 5.87. The van der Waals surface area contributed by atoms with Gasteiger partial charge in [-0.05, 0) is 26.8 Å². The van der Waals surface area contributed by atoms with Crippen molar-refractivity contribution in [1.29, 1.82) is 0 Å². The van der Waals surface area contributed by atoms with Gasteiger partial charge in [-0.2, -0.15) is 0 Å². The molecule has 0 spiro atoms. The van der Waals surface area contributed by atoms with Crippen molar-refractivity contribution in [2.45, 2.75) is 32.7 Å². The number of carbonyl (C=O) groups excluding carboxylic acids is 1. The van der Waals surface area contributed by atoms with Gasteiger partial charge in [0.2, 0.25) is 5.91 Å². The van der Waals surface area contributed by atoms with Crippen LogP contribution in [0.25, 0.3) is 0 Å². The van der Waals surface area contributed by atoms with E-state index in [2.05, 4.69) is 18.7 Å². The number of nitrogens with two attached hydrogens (primary N) is 1. The average Bonchev–Trinajstić information content (AvgIpc) is 2.26. The first kappa shape index (κ1) is 12.5. The second-order valence-electron chi connectivity index (χ2n) is 4.40. The van der Waals surface area contributed by atoms with Crippen molar-refractivity contribution in [3.8, 4) is 0 Å². The van der Waals surface area contributed by atoms with Crippen LogP contribution in [0.1, 0.15) is 26.7 Å². The largest absolute Gasteiger partial charge is 0.340 e. The molecular weight excluding hydrogens is 190 g/mol. The summed E-state index contributed by atoms with van der Waals surface area (Å²) in [5.41, 5.74) is 5.39. The minimum absolute atomic E-state index is 0.267. The molecule has 0 radical (unpaired) electrons. The molecular formula is C11H23N3O. The van der Waals surface area contributed by atoms with E-state index in [1.165, 1.54) is 0 Å². The zero-order valence-corrected chi connectivity index (χ0v) is 9.91. The third kappa shape index (κ3) is 3.80. The maximum absolute atomic E-state index is 11.7. The fourth-order valence-corrected chi connectivity index (χ4v) is 1.90. The number of hydrogen-bond donors (Lipinski definition) is 1. The molecule has 4 heteroatoms. The lowest BCUT2D eigenvalue weighted by molar-refractivity contribution is -0.133. The molecule has 1 rings (SSSR count). The fraction of sp³-hybridized carbons (Fsp3) is 0.909. The molecule has 1 saturated heterocycles. The van der Waals surface area contributed by atoms with E-state index in [4.69, 9.17) is 5.73 Å². The molecule has 1 aliphatic rings. The molecule has 0 unspecified atom stereocenters. The lowest BCUT2D eigenvalue weighted by atomic mass is 10.2. The minimum atomic E-state index is 0.267. The van der Waals surface area contributed by atoms with Crippen LogP contribution in [-0.4, -0.2) is 54.5 Å². The molecule has 1 amide bonds. The zero-order valence-electron chi connectivity index (χ0n) is 9.91. The predicted octanol–water partition coefficient (Wildman–Crippen LogP) is 0.278. The maximum Gasteiger partial charge on any atom is 0.222 e. The van der Waals surface area contributed by atoms with Crippen LogP contribution in [0.15, 0.2) is 0 Å². The topological polar surface area (TPSA) is 49.6 Å². The van der Waals surface area contributed by atoms with Crippen molar-refractivity contribution >= 4 is 5.91 Å². The molecule has 0 aromatic rings. The van der Waals surface area contributed by atoms with E-state index in [0.29, 0.717) is 19.0 Å². The van der Waals surface area contributed by atoms with Gasteiger partial charge in [-0.3, -0.25) is 9.69 Å². The van der Waals surface area contributed by atoms with Crippen LogP contribution in [0, 0.1) is 0 Å². The lowest BCUT2D eigenvalue weighted by Gasteiger charge is -2.37. The van der Waals surface area contributed by atoms with Gasteiger partial charge in [0.15, 0.2) is 0 Å². The summed E-state index contributed by atoms with van der Waals surface area (Å²) in [6.45, 7) is 8.77. The lowest BCUT2D eigenvalue weighted by Crippen LogP contribution is -2.50. The highest BCUT2D eigenvalue weighted by molar-refractivity contribution is 5.76. The quantitative estimate of drug-likeness (QED) is 0.729. The van der Waals surface area contributed by atoms with Gasteiger partial charge >= 0.3 is 0 Å². The van der Waals surface area contributed by atoms with E-state index >= 15 is 0 Å². The van der Waals surface area contributed by atoms with E-state index in [1.54, 1.807) is 0 Å². The summed E-state index contributed by atoms with van der Waals surface area (Å²) in [7, 11) is 0. The van der Waals surface area contributed by atoms with Crippen LogP contribution in [0.3, 0.4) is 0 Å². The second-order valence-corrected chi connectivity index (χ2v) is 4.40. The number of piperazine rings is 1. The van der Waals surface area contributed by atoms with Crippen LogP contribution < -0.4 is 5.73 Å². The highest BCUT2D eigenvalue weighted by Crippen LogP contribution is 2.07. The van der Waals surface area contributed by atoms with Gasteiger partial charge in [0.25, 0.3) is 0 Å². The standard InChI is InChI=1S/C11H23N3O/c1-10(2)13-6-8-14(9-7-13)11(15)4-3-5-12/h10H,3-9,12H2,1-2H3.